The molecule has 0 aliphatic carbocycles. The maximum Gasteiger partial charge on any atom is 0.0362 e. The summed E-state index contributed by atoms with van der Waals surface area (Å²) in [7, 11) is 0. The van der Waals surface area contributed by atoms with Gasteiger partial charge >= 0.3 is 0 Å². The van der Waals surface area contributed by atoms with E-state index in [0.29, 0.717) is 5.03 Å². The minimum atomic E-state index is 0.662. The maximum atomic E-state index is 5.58. The molecule has 0 atom stereocenters. The Morgan fingerprint density at radius 1 is 1.50 bits per heavy atom. The van der Waals surface area contributed by atoms with Gasteiger partial charge in [0, 0.05) is 5.03 Å². The van der Waals surface area contributed by atoms with Crippen molar-refractivity contribution in [2.75, 3.05) is 0 Å². The van der Waals surface area contributed by atoms with Gasteiger partial charge in [0.05, 0.1) is 0 Å². The molecule has 0 spiro atoms. The zero-order chi connectivity index (χ0) is 8.57. The van der Waals surface area contributed by atoms with Crippen LogP contribution in [0.2, 0.25) is 0 Å². The maximum absolute atomic E-state index is 5.58. The van der Waals surface area contributed by atoms with E-state index in [0.717, 1.165) is 12.0 Å². The predicted octanol–water partition coefficient (Wildman–Crippen LogP) is 3.90. The topological polar surface area (TPSA) is 0 Å². The van der Waals surface area contributed by atoms with Gasteiger partial charge < -0.3 is 0 Å². The molecule has 0 heterocycles. The molecule has 0 fully saturated rings. The first-order chi connectivity index (χ1) is 4.72. The van der Waals surface area contributed by atoms with Gasteiger partial charge in [-0.2, -0.15) is 0 Å². The Morgan fingerprint density at radius 3 is 1.90 bits per heavy atom. The average molecular weight is 159 g/mol. The third-order valence-corrected chi connectivity index (χ3v) is 1.32. The zero-order valence-corrected chi connectivity index (χ0v) is 7.54. The second-order valence-electron chi connectivity index (χ2n) is 1.57. The molecule has 0 amide bonds. The minimum absolute atomic E-state index is 0.662. The summed E-state index contributed by atoms with van der Waals surface area (Å²) in [6.45, 7) is 13.6. The molecule has 0 radical (unpaired) electrons. The Bertz CT molecular complexity index is 123. The highest BCUT2D eigenvalue weighted by atomic mass is 35.5. The fourth-order valence-corrected chi connectivity index (χ4v) is 0.795. The molecule has 0 bridgehead atoms. The normalized spacial score (nSPS) is 9.70. The minimum Gasteiger partial charge on any atom is -0.106 e. The zero-order valence-electron chi connectivity index (χ0n) is 6.78. The van der Waals surface area contributed by atoms with Crippen molar-refractivity contribution >= 4 is 11.6 Å². The third-order valence-electron chi connectivity index (χ3n) is 1.08. The summed E-state index contributed by atoms with van der Waals surface area (Å²) in [6.07, 6.45) is 2.95. The van der Waals surface area contributed by atoms with Crippen LogP contribution in [0.15, 0.2) is 36.4 Å². The van der Waals surface area contributed by atoms with Crippen LogP contribution in [-0.4, -0.2) is 0 Å². The van der Waals surface area contributed by atoms with Crippen LogP contribution in [0.5, 0.6) is 0 Å². The fourth-order valence-electron chi connectivity index (χ4n) is 0.553. The summed E-state index contributed by atoms with van der Waals surface area (Å²) in [5, 5.41) is 0.662. The molecule has 0 aromatic heterocycles. The Labute approximate surface area is 68.9 Å². The molecule has 0 aromatic carbocycles. The highest BCUT2D eigenvalue weighted by Gasteiger charge is 1.91. The number of hydrogen-bond donors (Lipinski definition) is 0. The molecule has 0 aliphatic rings. The van der Waals surface area contributed by atoms with E-state index < -0.39 is 0 Å². The van der Waals surface area contributed by atoms with Crippen molar-refractivity contribution < 1.29 is 0 Å². The first-order valence-electron chi connectivity index (χ1n) is 3.22. The predicted molar refractivity (Wildman–Crippen MR) is 50.3 cm³/mol. The molecule has 0 unspecified atom stereocenters. The first kappa shape index (κ1) is 12.2. The largest absolute Gasteiger partial charge is 0.106 e. The molecular weight excluding hydrogens is 144 g/mol. The lowest BCUT2D eigenvalue weighted by Gasteiger charge is -1.96. The van der Waals surface area contributed by atoms with Crippen LogP contribution < -0.4 is 0 Å². The van der Waals surface area contributed by atoms with Crippen molar-refractivity contribution in [1.82, 2.24) is 0 Å². The van der Waals surface area contributed by atoms with Gasteiger partial charge in [0.2, 0.25) is 0 Å². The van der Waals surface area contributed by atoms with Gasteiger partial charge in [0.15, 0.2) is 0 Å². The van der Waals surface area contributed by atoms with Crippen molar-refractivity contribution in [3.63, 3.8) is 0 Å². The molecule has 0 saturated heterocycles. The Kier molecular flexibility index (Phi) is 10.4. The highest BCUT2D eigenvalue weighted by molar-refractivity contribution is 6.31. The van der Waals surface area contributed by atoms with Gasteiger partial charge in [-0.3, -0.25) is 0 Å². The van der Waals surface area contributed by atoms with E-state index in [4.69, 9.17) is 11.6 Å². The molecule has 0 aliphatic heterocycles. The Hall–Kier alpha value is -0.490. The number of hydrogen-bond acceptors (Lipinski definition) is 0. The van der Waals surface area contributed by atoms with Crippen LogP contribution in [-0.2, 0) is 0 Å². The molecule has 0 N–H and O–H groups in total. The molecule has 10 heavy (non-hydrogen) atoms. The van der Waals surface area contributed by atoms with Crippen LogP contribution in [0.4, 0.5) is 0 Å². The molecule has 58 valence electrons. The van der Waals surface area contributed by atoms with Gasteiger partial charge in [0.1, 0.15) is 0 Å². The van der Waals surface area contributed by atoms with E-state index in [9.17, 15) is 0 Å². The van der Waals surface area contributed by atoms with E-state index in [2.05, 4.69) is 26.7 Å². The van der Waals surface area contributed by atoms with Crippen LogP contribution in [0.25, 0.3) is 0 Å². The standard InChI is InChI=1S/C7H11Cl.C2H4/c1-4-7(5-2)6(3)8;1-2/h4H,3,5H2,1-2H3;1-2H2/b7-4-;. The summed E-state index contributed by atoms with van der Waals surface area (Å²) < 4.78 is 0. The van der Waals surface area contributed by atoms with Crippen LogP contribution in [0.1, 0.15) is 20.3 Å². The summed E-state index contributed by atoms with van der Waals surface area (Å²) in [6, 6.07) is 0. The van der Waals surface area contributed by atoms with Crippen LogP contribution >= 0.6 is 11.6 Å². The second kappa shape index (κ2) is 8.51. The third kappa shape index (κ3) is 5.64. The molecule has 0 rings (SSSR count). The van der Waals surface area contributed by atoms with Crippen molar-refractivity contribution in [1.29, 1.82) is 0 Å². The number of allylic oxidation sites excluding steroid dienone is 3. The Morgan fingerprint density at radius 2 is 1.90 bits per heavy atom. The number of halogens is 1. The van der Waals surface area contributed by atoms with Crippen LogP contribution in [0.3, 0.4) is 0 Å². The van der Waals surface area contributed by atoms with Gasteiger partial charge in [0.25, 0.3) is 0 Å². The summed E-state index contributed by atoms with van der Waals surface area (Å²) >= 11 is 5.58. The van der Waals surface area contributed by atoms with Crippen LogP contribution in [0, 0.1) is 0 Å². The lowest BCUT2D eigenvalue weighted by molar-refractivity contribution is 1.13. The average Bonchev–Trinajstić information content (AvgIpc) is 1.94. The quantitative estimate of drug-likeness (QED) is 0.423. The lowest BCUT2D eigenvalue weighted by Crippen LogP contribution is -1.75. The summed E-state index contributed by atoms with van der Waals surface area (Å²) in [5.41, 5.74) is 1.13. The Balaban J connectivity index is 0. The van der Waals surface area contributed by atoms with Crippen molar-refractivity contribution in [3.05, 3.63) is 36.4 Å². The van der Waals surface area contributed by atoms with E-state index in [1.54, 1.807) is 0 Å². The highest BCUT2D eigenvalue weighted by Crippen LogP contribution is 2.14. The fraction of sp³-hybridized carbons (Fsp3) is 0.333. The van der Waals surface area contributed by atoms with Crippen molar-refractivity contribution in [2.45, 2.75) is 20.3 Å². The molecule has 0 nitrogen and oxygen atoms in total. The van der Waals surface area contributed by atoms with Crippen molar-refractivity contribution in [3.8, 4) is 0 Å². The summed E-state index contributed by atoms with van der Waals surface area (Å²) in [4.78, 5) is 0. The van der Waals surface area contributed by atoms with E-state index in [1.165, 1.54) is 0 Å². The summed E-state index contributed by atoms with van der Waals surface area (Å²) in [5.74, 6) is 0. The van der Waals surface area contributed by atoms with E-state index in [-0.39, 0.29) is 0 Å². The number of rotatable bonds is 2. The molecule has 0 aromatic rings. The van der Waals surface area contributed by atoms with Gasteiger partial charge in [-0.1, -0.05) is 31.2 Å². The smallest absolute Gasteiger partial charge is 0.0362 e. The van der Waals surface area contributed by atoms with Gasteiger partial charge in [-0.05, 0) is 18.9 Å². The van der Waals surface area contributed by atoms with Gasteiger partial charge in [-0.25, -0.2) is 0 Å². The van der Waals surface area contributed by atoms with E-state index in [1.807, 2.05) is 13.0 Å². The monoisotopic (exact) mass is 158 g/mol. The first-order valence-corrected chi connectivity index (χ1v) is 3.60. The molecular formula is C9H15Cl. The molecule has 1 heteroatoms. The van der Waals surface area contributed by atoms with Gasteiger partial charge in [-0.15, -0.1) is 13.2 Å². The second-order valence-corrected chi connectivity index (χ2v) is 2.03. The lowest BCUT2D eigenvalue weighted by atomic mass is 10.2. The molecule has 0 saturated carbocycles. The van der Waals surface area contributed by atoms with E-state index >= 15 is 0 Å². The van der Waals surface area contributed by atoms with Crippen molar-refractivity contribution in [2.24, 2.45) is 0 Å². The SMILES string of the molecule is C=C.C=C(Cl)/C(=C\C)CC.